The van der Waals surface area contributed by atoms with Crippen molar-refractivity contribution in [2.75, 3.05) is 144 Å². The summed E-state index contributed by atoms with van der Waals surface area (Å²) in [5.41, 5.74) is -2.98. The van der Waals surface area contributed by atoms with Gasteiger partial charge >= 0.3 is 0 Å². The second-order valence-electron chi connectivity index (χ2n) is 51.0. The van der Waals surface area contributed by atoms with E-state index in [1.54, 1.807) is 0 Å². The van der Waals surface area contributed by atoms with Gasteiger partial charge in [-0.15, -0.1) is 0 Å². The van der Waals surface area contributed by atoms with E-state index >= 15 is 0 Å². The molecular weight excluding hydrogens is 1810 g/mol. The van der Waals surface area contributed by atoms with E-state index in [2.05, 4.69) is 300 Å². The molecule has 5 aliphatic rings. The summed E-state index contributed by atoms with van der Waals surface area (Å²) in [7, 11) is 0. The maximum atomic E-state index is 6.96. The summed E-state index contributed by atoms with van der Waals surface area (Å²) < 4.78 is 0. The molecule has 0 bridgehead atoms. The molecule has 145 heavy (non-hydrogen) atoms. The van der Waals surface area contributed by atoms with E-state index in [0.29, 0.717) is 33.0 Å². The zero-order valence-electron chi connectivity index (χ0n) is 101. The smallest absolute Gasteiger partial charge is 0.232 e. The highest BCUT2D eigenvalue weighted by atomic mass is 16.7. The quantitative estimate of drug-likeness (QED) is 0.0482. The van der Waals surface area contributed by atoms with Gasteiger partial charge in [0.1, 0.15) is 5.82 Å². The number of piperidine rings is 5. The number of hydrogen-bond donors (Lipinski definition) is 0. The highest BCUT2D eigenvalue weighted by Crippen LogP contribution is 2.50. The van der Waals surface area contributed by atoms with Crippen molar-refractivity contribution in [3.8, 4) is 0 Å². The lowest BCUT2D eigenvalue weighted by Crippen LogP contribution is -2.65. The second kappa shape index (κ2) is 58.9. The zero-order chi connectivity index (χ0) is 107. The molecule has 3 aromatic rings. The first-order valence-corrected chi connectivity index (χ1v) is 60.3. The molecule has 0 N–H and O–H groups in total. The highest BCUT2D eigenvalue weighted by Gasteiger charge is 2.55. The van der Waals surface area contributed by atoms with Crippen molar-refractivity contribution >= 4 is 47.6 Å². The molecule has 27 nitrogen and oxygen atoms in total. The van der Waals surface area contributed by atoms with Crippen molar-refractivity contribution in [2.24, 2.45) is 0 Å². The van der Waals surface area contributed by atoms with E-state index in [1.807, 2.05) is 0 Å². The van der Waals surface area contributed by atoms with Crippen molar-refractivity contribution in [1.29, 1.82) is 0 Å². The molecule has 0 unspecified atom stereocenters. The molecule has 8 heterocycles. The fraction of sp³-hybridized carbons (Fsp3) is 0.924. The molecule has 5 saturated heterocycles. The summed E-state index contributed by atoms with van der Waals surface area (Å²) in [6.45, 7) is 93.3. The summed E-state index contributed by atoms with van der Waals surface area (Å²) >= 11 is 0. The van der Waals surface area contributed by atoms with Crippen LogP contribution in [0.25, 0.3) is 0 Å². The van der Waals surface area contributed by atoms with Crippen LogP contribution in [0.15, 0.2) is 0 Å². The van der Waals surface area contributed by atoms with E-state index < -0.39 is 0 Å². The maximum absolute atomic E-state index is 6.96. The predicted molar refractivity (Wildman–Crippen MR) is 612 cm³/mol. The number of rotatable bonds is 70. The van der Waals surface area contributed by atoms with E-state index in [9.17, 15) is 0 Å². The van der Waals surface area contributed by atoms with Gasteiger partial charge in [0, 0.05) is 164 Å². The molecule has 27 heteroatoms. The van der Waals surface area contributed by atoms with Gasteiger partial charge in [0.15, 0.2) is 0 Å². The summed E-state index contributed by atoms with van der Waals surface area (Å²) in [4.78, 5) is 108. The minimum absolute atomic E-state index is 0.0600. The van der Waals surface area contributed by atoms with Crippen LogP contribution in [0, 0.1) is 0 Å². The lowest BCUT2D eigenvalue weighted by molar-refractivity contribution is -0.282. The third-order valence-electron chi connectivity index (χ3n) is 31.9. The SMILES string of the molecule is CCCCC(CCCC)c1nc(N(CCCC)CCCC)nc(N(CCCCCCN(c2nc(N(CCCC)C3CC(C)(C)N(OCCC)C(C)(C)C3)nc(N(CCCCCCN(c3nc(N(CCCC)CCCC)nc(N(CCCC)CCCC)n3)C3CC(C)(C)N(OCCC)C(C)(C)C3)C3CC(C)(C)N(OCCC)C(C)(C)C3)n2)C2CC(C)(C)N(OCCC)C(C)(C)C2)C2CC(C)(C)N(OCCC)C(C)(C)C2)n1. The van der Waals surface area contributed by atoms with Crippen molar-refractivity contribution in [2.45, 2.75) is 603 Å². The Morgan fingerprint density at radius 1 is 0.200 bits per heavy atom. The Labute approximate surface area is 889 Å². The van der Waals surface area contributed by atoms with Crippen molar-refractivity contribution in [3.63, 3.8) is 0 Å². The van der Waals surface area contributed by atoms with Gasteiger partial charge < -0.3 is 39.2 Å². The number of aromatic nitrogens is 9. The lowest BCUT2D eigenvalue weighted by atomic mass is 9.78. The van der Waals surface area contributed by atoms with E-state index in [0.717, 1.165) is 401 Å². The molecule has 3 aromatic heterocycles. The normalized spacial score (nSPS) is 20.0. The number of unbranched alkanes of at least 4 members (excludes halogenated alkanes) is 15. The molecule has 0 amide bonds. The molecule has 0 aliphatic carbocycles. The molecule has 0 radical (unpaired) electrons. The first-order valence-electron chi connectivity index (χ1n) is 60.3. The topological polar surface area (TPSA) is 204 Å². The number of hydroxylamine groups is 10. The van der Waals surface area contributed by atoms with Crippen LogP contribution < -0.4 is 39.2 Å². The van der Waals surface area contributed by atoms with Crippen LogP contribution in [0.4, 0.5) is 47.6 Å². The average molecular weight is 2030 g/mol. The van der Waals surface area contributed by atoms with Crippen LogP contribution in [0.5, 0.6) is 0 Å². The summed E-state index contributed by atoms with van der Waals surface area (Å²) in [6.07, 6.45) is 43.7. The fourth-order valence-electron chi connectivity index (χ4n) is 25.8. The number of nitrogens with zero attached hydrogens (tertiary/aromatic N) is 22. The third-order valence-corrected chi connectivity index (χ3v) is 31.9. The molecule has 0 atom stereocenters. The summed E-state index contributed by atoms with van der Waals surface area (Å²) in [5, 5.41) is 11.8. The molecular formula is C118H226N22O5. The molecule has 0 saturated carbocycles. The van der Waals surface area contributed by atoms with Crippen molar-refractivity contribution in [3.05, 3.63) is 5.82 Å². The van der Waals surface area contributed by atoms with Gasteiger partial charge in [-0.2, -0.15) is 70.2 Å². The third kappa shape index (κ3) is 35.5. The minimum atomic E-state index is -0.336. The van der Waals surface area contributed by atoms with Gasteiger partial charge in [0.25, 0.3) is 0 Å². The van der Waals surface area contributed by atoms with E-state index in [-0.39, 0.29) is 91.5 Å². The van der Waals surface area contributed by atoms with E-state index in [1.165, 1.54) is 0 Å². The van der Waals surface area contributed by atoms with Crippen LogP contribution in [-0.4, -0.2) is 261 Å². The van der Waals surface area contributed by atoms with Gasteiger partial charge in [-0.3, -0.25) is 24.2 Å². The lowest BCUT2D eigenvalue weighted by Gasteiger charge is -2.56. The largest absolute Gasteiger partial charge is 0.341 e. The fourth-order valence-corrected chi connectivity index (χ4v) is 25.8. The Bertz CT molecular complexity index is 3690. The monoisotopic (exact) mass is 2030 g/mol. The van der Waals surface area contributed by atoms with Crippen LogP contribution in [0.1, 0.15) is 523 Å². The number of hydrogen-bond acceptors (Lipinski definition) is 27. The second-order valence-corrected chi connectivity index (χ2v) is 51.0. The predicted octanol–water partition coefficient (Wildman–Crippen LogP) is 28.1. The Morgan fingerprint density at radius 2 is 0.359 bits per heavy atom. The van der Waals surface area contributed by atoms with Crippen molar-refractivity contribution in [1.82, 2.24) is 70.2 Å². The summed E-state index contributed by atoms with van der Waals surface area (Å²) in [5.74, 6) is 7.87. The molecule has 0 aromatic carbocycles. The Hall–Kier alpha value is -4.97. The highest BCUT2D eigenvalue weighted by molar-refractivity contribution is 5.51. The average Bonchev–Trinajstić information content (AvgIpc) is 0.753. The molecule has 8 rings (SSSR count). The first kappa shape index (κ1) is 125. The van der Waals surface area contributed by atoms with Gasteiger partial charge in [0.05, 0.1) is 33.0 Å². The standard InChI is InChI=1S/C118H226N22O5/c1-35-49-66-94(67-50-36-2)100-119-101(128(68-51-37-3)69-52-38-4)122-104(120-100)132(96-86-111(19,20)137(142-80-45-11)112(21,22)87-96)75-62-58-59-64-77-134(98-90-115(27,28)139(144-82-47-13)116(29,30)91-98)107-125-106(131(74-57-43-9)95-84-109(15,16)136(141-79-44-10)110(17,18)85-95)126-108(127-107)135(99-92-117(31,32)140(145-83-48-14)118(33,34)93-99)78-65-61-60-63-76-133(97-88-113(23,24)138(143-81-46-12)114(25,26)89-97)105-123-102(129(70-53-39-5)71-54-40-6)121-103(124-105)130(72-55-41-7)73-56-42-8/h94-99H,35-93H2,1-34H3. The van der Waals surface area contributed by atoms with Crippen LogP contribution in [0.2, 0.25) is 0 Å². The Kier molecular flexibility index (Phi) is 50.9. The van der Waals surface area contributed by atoms with Gasteiger partial charge in [-0.1, -0.05) is 193 Å². The first-order chi connectivity index (χ1) is 68.8. The summed E-state index contributed by atoms with van der Waals surface area (Å²) in [6, 6.07) is 0.537. The minimum Gasteiger partial charge on any atom is -0.341 e. The number of anilines is 8. The van der Waals surface area contributed by atoms with Crippen LogP contribution in [-0.2, 0) is 24.2 Å². The van der Waals surface area contributed by atoms with Gasteiger partial charge in [-0.05, 0) is 318 Å². The molecule has 5 aliphatic heterocycles. The van der Waals surface area contributed by atoms with Gasteiger partial charge in [0.2, 0.25) is 47.6 Å². The molecule has 5 fully saturated rings. The Balaban J connectivity index is 1.31. The zero-order valence-corrected chi connectivity index (χ0v) is 101. The van der Waals surface area contributed by atoms with Crippen LogP contribution >= 0.6 is 0 Å². The Morgan fingerprint density at radius 3 is 0.552 bits per heavy atom. The van der Waals surface area contributed by atoms with E-state index in [4.69, 9.17) is 69.0 Å². The maximum Gasteiger partial charge on any atom is 0.232 e. The van der Waals surface area contributed by atoms with Crippen molar-refractivity contribution < 1.29 is 24.2 Å². The van der Waals surface area contributed by atoms with Gasteiger partial charge in [-0.25, -0.2) is 0 Å². The van der Waals surface area contributed by atoms with Crippen LogP contribution in [0.3, 0.4) is 0 Å². The molecule has 0 spiro atoms. The molecule has 838 valence electrons.